The second-order valence-electron chi connectivity index (χ2n) is 6.38. The lowest BCUT2D eigenvalue weighted by atomic mass is 9.72. The van der Waals surface area contributed by atoms with E-state index in [0.717, 1.165) is 25.2 Å². The van der Waals surface area contributed by atoms with E-state index in [1.807, 2.05) is 42.5 Å². The van der Waals surface area contributed by atoms with Crippen LogP contribution in [0.3, 0.4) is 0 Å². The van der Waals surface area contributed by atoms with Gasteiger partial charge in [0.25, 0.3) is 0 Å². The molecule has 1 N–H and O–H groups in total. The van der Waals surface area contributed by atoms with Gasteiger partial charge in [-0.25, -0.2) is 0 Å². The number of piperidine rings is 1. The molecule has 0 bridgehead atoms. The Bertz CT molecular complexity index is 691. The van der Waals surface area contributed by atoms with E-state index >= 15 is 0 Å². The molecule has 24 heavy (non-hydrogen) atoms. The average molecular weight is 325 g/mol. The molecule has 0 aromatic heterocycles. The van der Waals surface area contributed by atoms with Gasteiger partial charge in [0.2, 0.25) is 0 Å². The molecule has 2 aromatic carbocycles. The standard InChI is InChI=1S/C20H23NO3/c1-24-18-9-5-8-17(14-18)20(19(22)23)10-12-21(13-11-20)15-16-6-3-2-4-7-16/h2-9,14H,10-13,15H2,1H3,(H,22,23). The van der Waals surface area contributed by atoms with Crippen LogP contribution in [-0.2, 0) is 16.8 Å². The van der Waals surface area contributed by atoms with E-state index in [9.17, 15) is 9.90 Å². The van der Waals surface area contributed by atoms with Gasteiger partial charge in [-0.1, -0.05) is 42.5 Å². The van der Waals surface area contributed by atoms with Crippen molar-refractivity contribution in [2.75, 3.05) is 20.2 Å². The van der Waals surface area contributed by atoms with E-state index in [-0.39, 0.29) is 0 Å². The third-order valence-corrected chi connectivity index (χ3v) is 4.99. The average Bonchev–Trinajstić information content (AvgIpc) is 2.63. The Labute approximate surface area is 142 Å². The highest BCUT2D eigenvalue weighted by Crippen LogP contribution is 2.37. The summed E-state index contributed by atoms with van der Waals surface area (Å²) in [5.74, 6) is -0.0324. The summed E-state index contributed by atoms with van der Waals surface area (Å²) in [6, 6.07) is 17.8. The van der Waals surface area contributed by atoms with Crippen molar-refractivity contribution in [3.8, 4) is 5.75 Å². The van der Waals surface area contributed by atoms with E-state index < -0.39 is 11.4 Å². The molecule has 1 aliphatic heterocycles. The van der Waals surface area contributed by atoms with Crippen molar-refractivity contribution in [1.82, 2.24) is 4.90 Å². The molecular formula is C20H23NO3. The maximum absolute atomic E-state index is 12.1. The van der Waals surface area contributed by atoms with Gasteiger partial charge < -0.3 is 9.84 Å². The number of hydrogen-bond donors (Lipinski definition) is 1. The van der Waals surface area contributed by atoms with Crippen LogP contribution in [0.5, 0.6) is 5.75 Å². The van der Waals surface area contributed by atoms with Crippen LogP contribution < -0.4 is 4.74 Å². The molecule has 2 aromatic rings. The van der Waals surface area contributed by atoms with Gasteiger partial charge in [0.05, 0.1) is 12.5 Å². The van der Waals surface area contributed by atoms with Crippen LogP contribution in [0.2, 0.25) is 0 Å². The summed E-state index contributed by atoms with van der Waals surface area (Å²) >= 11 is 0. The fraction of sp³-hybridized carbons (Fsp3) is 0.350. The zero-order valence-electron chi connectivity index (χ0n) is 13.9. The number of carboxylic acid groups (broad SMARTS) is 1. The highest BCUT2D eigenvalue weighted by Gasteiger charge is 2.43. The van der Waals surface area contributed by atoms with E-state index in [4.69, 9.17) is 4.74 Å². The summed E-state index contributed by atoms with van der Waals surface area (Å²) in [4.78, 5) is 14.4. The number of likely N-dealkylation sites (tertiary alicyclic amines) is 1. The molecule has 0 spiro atoms. The van der Waals surface area contributed by atoms with E-state index in [0.29, 0.717) is 18.6 Å². The third kappa shape index (κ3) is 3.29. The Kier molecular flexibility index (Phi) is 4.86. The summed E-state index contributed by atoms with van der Waals surface area (Å²) in [5, 5.41) is 9.92. The zero-order valence-corrected chi connectivity index (χ0v) is 13.9. The lowest BCUT2D eigenvalue weighted by Gasteiger charge is -2.39. The monoisotopic (exact) mass is 325 g/mol. The molecule has 0 unspecified atom stereocenters. The quantitative estimate of drug-likeness (QED) is 0.916. The van der Waals surface area contributed by atoms with Crippen LogP contribution in [0.4, 0.5) is 0 Å². The minimum absolute atomic E-state index is 0.613. The van der Waals surface area contributed by atoms with Gasteiger partial charge in [-0.2, -0.15) is 0 Å². The predicted molar refractivity (Wildman–Crippen MR) is 93.3 cm³/mol. The van der Waals surface area contributed by atoms with Crippen molar-refractivity contribution in [3.05, 3.63) is 65.7 Å². The van der Waals surface area contributed by atoms with Gasteiger partial charge in [-0.05, 0) is 49.2 Å². The summed E-state index contributed by atoms with van der Waals surface area (Å²) in [6.07, 6.45) is 1.23. The van der Waals surface area contributed by atoms with E-state index in [2.05, 4.69) is 17.0 Å². The van der Waals surface area contributed by atoms with Gasteiger partial charge >= 0.3 is 5.97 Å². The fourth-order valence-electron chi connectivity index (χ4n) is 3.48. The Morgan fingerprint density at radius 3 is 2.46 bits per heavy atom. The molecule has 0 saturated carbocycles. The number of methoxy groups -OCH3 is 1. The van der Waals surface area contributed by atoms with Crippen LogP contribution in [0.25, 0.3) is 0 Å². The summed E-state index contributed by atoms with van der Waals surface area (Å²) in [6.45, 7) is 2.42. The fourth-order valence-corrected chi connectivity index (χ4v) is 3.48. The maximum Gasteiger partial charge on any atom is 0.314 e. The van der Waals surface area contributed by atoms with Gasteiger partial charge in [-0.15, -0.1) is 0 Å². The smallest absolute Gasteiger partial charge is 0.314 e. The molecular weight excluding hydrogens is 302 g/mol. The van der Waals surface area contributed by atoms with Crippen LogP contribution in [-0.4, -0.2) is 36.2 Å². The lowest BCUT2D eigenvalue weighted by molar-refractivity contribution is -0.146. The van der Waals surface area contributed by atoms with Gasteiger partial charge in [0, 0.05) is 6.54 Å². The molecule has 1 heterocycles. The number of aliphatic carboxylic acids is 1. The first kappa shape index (κ1) is 16.5. The van der Waals surface area contributed by atoms with Crippen LogP contribution >= 0.6 is 0 Å². The molecule has 1 fully saturated rings. The van der Waals surface area contributed by atoms with Gasteiger partial charge in [0.15, 0.2) is 0 Å². The van der Waals surface area contributed by atoms with Gasteiger partial charge in [-0.3, -0.25) is 9.69 Å². The SMILES string of the molecule is COc1cccc(C2(C(=O)O)CCN(Cc3ccccc3)CC2)c1. The normalized spacial score (nSPS) is 17.4. The molecule has 1 saturated heterocycles. The molecule has 3 rings (SSSR count). The maximum atomic E-state index is 12.1. The molecule has 4 heteroatoms. The summed E-state index contributed by atoms with van der Waals surface area (Å²) in [7, 11) is 1.61. The van der Waals surface area contributed by atoms with Crippen LogP contribution in [0, 0.1) is 0 Å². The summed E-state index contributed by atoms with van der Waals surface area (Å²) < 4.78 is 5.27. The number of nitrogens with zero attached hydrogens (tertiary/aromatic N) is 1. The van der Waals surface area contributed by atoms with Crippen molar-refractivity contribution in [2.24, 2.45) is 0 Å². The molecule has 0 radical (unpaired) electrons. The summed E-state index contributed by atoms with van der Waals surface area (Å²) in [5.41, 5.74) is 1.29. The minimum Gasteiger partial charge on any atom is -0.497 e. The number of ether oxygens (including phenoxy) is 1. The third-order valence-electron chi connectivity index (χ3n) is 4.99. The van der Waals surface area contributed by atoms with Crippen LogP contribution in [0.15, 0.2) is 54.6 Å². The largest absolute Gasteiger partial charge is 0.497 e. The first-order valence-electron chi connectivity index (χ1n) is 8.28. The molecule has 4 nitrogen and oxygen atoms in total. The number of carbonyl (C=O) groups is 1. The first-order valence-corrected chi connectivity index (χ1v) is 8.28. The van der Waals surface area contributed by atoms with E-state index in [1.165, 1.54) is 5.56 Å². The van der Waals surface area contributed by atoms with Crippen molar-refractivity contribution >= 4 is 5.97 Å². The number of carboxylic acids is 1. The highest BCUT2D eigenvalue weighted by molar-refractivity contribution is 5.81. The zero-order chi connectivity index (χ0) is 17.0. The Balaban J connectivity index is 1.76. The minimum atomic E-state index is -0.818. The first-order chi connectivity index (χ1) is 11.6. The molecule has 0 aliphatic carbocycles. The molecule has 1 aliphatic rings. The topological polar surface area (TPSA) is 49.8 Å². The van der Waals surface area contributed by atoms with E-state index in [1.54, 1.807) is 7.11 Å². The van der Waals surface area contributed by atoms with Crippen molar-refractivity contribution in [3.63, 3.8) is 0 Å². The van der Waals surface area contributed by atoms with Crippen molar-refractivity contribution in [2.45, 2.75) is 24.8 Å². The number of benzene rings is 2. The number of hydrogen-bond acceptors (Lipinski definition) is 3. The van der Waals surface area contributed by atoms with Crippen molar-refractivity contribution in [1.29, 1.82) is 0 Å². The predicted octanol–water partition coefficient (Wildman–Crippen LogP) is 3.31. The van der Waals surface area contributed by atoms with Crippen LogP contribution in [0.1, 0.15) is 24.0 Å². The second-order valence-corrected chi connectivity index (χ2v) is 6.38. The molecule has 0 amide bonds. The highest BCUT2D eigenvalue weighted by atomic mass is 16.5. The van der Waals surface area contributed by atoms with Gasteiger partial charge in [0.1, 0.15) is 5.75 Å². The second kappa shape index (κ2) is 7.05. The Hall–Kier alpha value is -2.33. The lowest BCUT2D eigenvalue weighted by Crippen LogP contribution is -2.47. The Morgan fingerprint density at radius 1 is 1.12 bits per heavy atom. The molecule has 0 atom stereocenters. The number of rotatable bonds is 5. The molecule has 126 valence electrons. The Morgan fingerprint density at radius 2 is 1.83 bits per heavy atom. The van der Waals surface area contributed by atoms with Crippen molar-refractivity contribution < 1.29 is 14.6 Å².